The van der Waals surface area contributed by atoms with Crippen LogP contribution in [0.15, 0.2) is 18.2 Å². The maximum absolute atomic E-state index is 13.3. The van der Waals surface area contributed by atoms with Gasteiger partial charge in [-0.1, -0.05) is 0 Å². The zero-order chi connectivity index (χ0) is 12.3. The molecule has 0 aromatic heterocycles. The Morgan fingerprint density at radius 2 is 2.00 bits per heavy atom. The fourth-order valence-corrected chi connectivity index (χ4v) is 1.39. The van der Waals surface area contributed by atoms with Crippen LogP contribution < -0.4 is 11.1 Å². The highest BCUT2D eigenvalue weighted by atomic mass is 19.1. The minimum atomic E-state index is -0.599. The van der Waals surface area contributed by atoms with Crippen LogP contribution >= 0.6 is 0 Å². The normalized spacial score (nSPS) is 14.5. The van der Waals surface area contributed by atoms with Crippen molar-refractivity contribution in [3.63, 3.8) is 0 Å². The second-order valence-corrected chi connectivity index (χ2v) is 3.68. The highest BCUT2D eigenvalue weighted by molar-refractivity contribution is 5.79. The SMILES string of the molecule is CC(NC(C)c1cc(F)ccc1F)C(N)=O. The molecule has 3 nitrogen and oxygen atoms in total. The molecule has 0 fully saturated rings. The average molecular weight is 228 g/mol. The first-order chi connectivity index (χ1) is 7.41. The smallest absolute Gasteiger partial charge is 0.234 e. The first-order valence-corrected chi connectivity index (χ1v) is 4.92. The molecule has 0 heterocycles. The van der Waals surface area contributed by atoms with E-state index in [1.54, 1.807) is 13.8 Å². The van der Waals surface area contributed by atoms with E-state index >= 15 is 0 Å². The Morgan fingerprint density at radius 1 is 1.38 bits per heavy atom. The van der Waals surface area contributed by atoms with Crippen molar-refractivity contribution in [3.05, 3.63) is 35.4 Å². The number of hydrogen-bond acceptors (Lipinski definition) is 2. The Hall–Kier alpha value is -1.49. The molecule has 2 atom stereocenters. The molecule has 5 heteroatoms. The van der Waals surface area contributed by atoms with E-state index in [0.29, 0.717) is 0 Å². The highest BCUT2D eigenvalue weighted by Gasteiger charge is 2.16. The van der Waals surface area contributed by atoms with Gasteiger partial charge in [0.05, 0.1) is 6.04 Å². The number of rotatable bonds is 4. The third-order valence-electron chi connectivity index (χ3n) is 2.35. The molecule has 2 unspecified atom stereocenters. The number of primary amides is 1. The fourth-order valence-electron chi connectivity index (χ4n) is 1.39. The van der Waals surface area contributed by atoms with Crippen molar-refractivity contribution in [1.82, 2.24) is 5.32 Å². The van der Waals surface area contributed by atoms with Crippen LogP contribution in [0.3, 0.4) is 0 Å². The quantitative estimate of drug-likeness (QED) is 0.820. The molecule has 0 spiro atoms. The van der Waals surface area contributed by atoms with Crippen molar-refractivity contribution in [3.8, 4) is 0 Å². The van der Waals surface area contributed by atoms with Crippen LogP contribution in [-0.2, 0) is 4.79 Å². The molecule has 0 bridgehead atoms. The van der Waals surface area contributed by atoms with Gasteiger partial charge in [-0.2, -0.15) is 0 Å². The number of nitrogens with one attached hydrogen (secondary N) is 1. The molecule has 3 N–H and O–H groups in total. The van der Waals surface area contributed by atoms with E-state index in [1.165, 1.54) is 0 Å². The van der Waals surface area contributed by atoms with E-state index in [9.17, 15) is 13.6 Å². The number of halogens is 2. The zero-order valence-electron chi connectivity index (χ0n) is 9.13. The summed E-state index contributed by atoms with van der Waals surface area (Å²) >= 11 is 0. The van der Waals surface area contributed by atoms with Gasteiger partial charge in [0.2, 0.25) is 5.91 Å². The summed E-state index contributed by atoms with van der Waals surface area (Å²) in [6, 6.07) is 2.11. The Labute approximate surface area is 92.6 Å². The summed E-state index contributed by atoms with van der Waals surface area (Å²) in [5.41, 5.74) is 5.24. The summed E-state index contributed by atoms with van der Waals surface area (Å²) < 4.78 is 26.3. The summed E-state index contributed by atoms with van der Waals surface area (Å²) in [5, 5.41) is 2.78. The van der Waals surface area contributed by atoms with Gasteiger partial charge in [-0.25, -0.2) is 8.78 Å². The minimum Gasteiger partial charge on any atom is -0.368 e. The van der Waals surface area contributed by atoms with Crippen LogP contribution in [0.5, 0.6) is 0 Å². The molecule has 0 saturated carbocycles. The summed E-state index contributed by atoms with van der Waals surface area (Å²) in [5.74, 6) is -1.57. The molecule has 0 aliphatic heterocycles. The van der Waals surface area contributed by atoms with E-state index in [2.05, 4.69) is 5.32 Å². The van der Waals surface area contributed by atoms with Gasteiger partial charge >= 0.3 is 0 Å². The molecule has 1 amide bonds. The number of hydrogen-bond donors (Lipinski definition) is 2. The molecule has 88 valence electrons. The lowest BCUT2D eigenvalue weighted by Crippen LogP contribution is -2.40. The van der Waals surface area contributed by atoms with Gasteiger partial charge in [0, 0.05) is 11.6 Å². The van der Waals surface area contributed by atoms with E-state index < -0.39 is 29.6 Å². The van der Waals surface area contributed by atoms with E-state index in [4.69, 9.17) is 5.73 Å². The standard InChI is InChI=1S/C11H14F2N2O/c1-6(15-7(2)11(14)16)9-5-8(12)3-4-10(9)13/h3-7,15H,1-2H3,(H2,14,16). The first-order valence-electron chi connectivity index (χ1n) is 4.92. The molecule has 0 aliphatic carbocycles. The van der Waals surface area contributed by atoms with Gasteiger partial charge in [-0.15, -0.1) is 0 Å². The van der Waals surface area contributed by atoms with Crippen molar-refractivity contribution in [2.24, 2.45) is 5.73 Å². The lowest BCUT2D eigenvalue weighted by molar-refractivity contribution is -0.119. The van der Waals surface area contributed by atoms with Gasteiger partial charge in [-0.3, -0.25) is 10.1 Å². The van der Waals surface area contributed by atoms with Crippen molar-refractivity contribution in [1.29, 1.82) is 0 Å². The van der Waals surface area contributed by atoms with Crippen LogP contribution in [0.25, 0.3) is 0 Å². The highest BCUT2D eigenvalue weighted by Crippen LogP contribution is 2.18. The Kier molecular flexibility index (Phi) is 3.95. The van der Waals surface area contributed by atoms with Crippen molar-refractivity contribution in [2.75, 3.05) is 0 Å². The summed E-state index contributed by atoms with van der Waals surface area (Å²) in [7, 11) is 0. The van der Waals surface area contributed by atoms with Crippen LogP contribution in [0.1, 0.15) is 25.5 Å². The first kappa shape index (κ1) is 12.6. The second-order valence-electron chi connectivity index (χ2n) is 3.68. The Balaban J connectivity index is 2.83. The van der Waals surface area contributed by atoms with Crippen LogP contribution in [0.2, 0.25) is 0 Å². The molecule has 0 radical (unpaired) electrons. The lowest BCUT2D eigenvalue weighted by atomic mass is 10.1. The monoisotopic (exact) mass is 228 g/mol. The molecule has 16 heavy (non-hydrogen) atoms. The number of carbonyl (C=O) groups excluding carboxylic acids is 1. The summed E-state index contributed by atoms with van der Waals surface area (Å²) in [6.45, 7) is 3.20. The van der Waals surface area contributed by atoms with Gasteiger partial charge in [0.25, 0.3) is 0 Å². The number of amides is 1. The maximum Gasteiger partial charge on any atom is 0.234 e. The predicted molar refractivity (Wildman–Crippen MR) is 56.6 cm³/mol. The largest absolute Gasteiger partial charge is 0.368 e. The lowest BCUT2D eigenvalue weighted by Gasteiger charge is -2.18. The maximum atomic E-state index is 13.3. The number of nitrogens with two attached hydrogens (primary N) is 1. The molecule has 1 aromatic rings. The van der Waals surface area contributed by atoms with Gasteiger partial charge < -0.3 is 5.73 Å². The van der Waals surface area contributed by atoms with Gasteiger partial charge in [0.1, 0.15) is 11.6 Å². The number of carbonyl (C=O) groups is 1. The van der Waals surface area contributed by atoms with Crippen molar-refractivity contribution < 1.29 is 13.6 Å². The van der Waals surface area contributed by atoms with E-state index in [-0.39, 0.29) is 5.56 Å². The zero-order valence-corrected chi connectivity index (χ0v) is 9.13. The molecule has 0 saturated heterocycles. The van der Waals surface area contributed by atoms with E-state index in [0.717, 1.165) is 18.2 Å². The molecular weight excluding hydrogens is 214 g/mol. The van der Waals surface area contributed by atoms with Gasteiger partial charge in [0.15, 0.2) is 0 Å². The molecular formula is C11H14F2N2O. The Morgan fingerprint density at radius 3 is 2.56 bits per heavy atom. The van der Waals surface area contributed by atoms with Gasteiger partial charge in [-0.05, 0) is 32.0 Å². The van der Waals surface area contributed by atoms with Crippen LogP contribution in [0, 0.1) is 11.6 Å². The summed E-state index contributed by atoms with van der Waals surface area (Å²) in [6.07, 6.45) is 0. The second kappa shape index (κ2) is 5.03. The third-order valence-corrected chi connectivity index (χ3v) is 2.35. The molecule has 1 aromatic carbocycles. The average Bonchev–Trinajstić information content (AvgIpc) is 2.21. The van der Waals surface area contributed by atoms with Crippen LogP contribution in [-0.4, -0.2) is 11.9 Å². The minimum absolute atomic E-state index is 0.174. The molecule has 0 aliphatic rings. The number of benzene rings is 1. The molecule has 1 rings (SSSR count). The topological polar surface area (TPSA) is 55.1 Å². The Bertz CT molecular complexity index is 396. The van der Waals surface area contributed by atoms with Crippen LogP contribution in [0.4, 0.5) is 8.78 Å². The van der Waals surface area contributed by atoms with Crippen molar-refractivity contribution >= 4 is 5.91 Å². The summed E-state index contributed by atoms with van der Waals surface area (Å²) in [4.78, 5) is 10.8. The van der Waals surface area contributed by atoms with E-state index in [1.807, 2.05) is 0 Å². The third kappa shape index (κ3) is 3.00. The fraction of sp³-hybridized carbons (Fsp3) is 0.364. The predicted octanol–water partition coefficient (Wildman–Crippen LogP) is 1.49. The van der Waals surface area contributed by atoms with Crippen molar-refractivity contribution in [2.45, 2.75) is 25.9 Å².